The highest BCUT2D eigenvalue weighted by Gasteiger charge is 2.07. The van der Waals surface area contributed by atoms with Crippen molar-refractivity contribution < 1.29 is 9.84 Å². The second-order valence-electron chi connectivity index (χ2n) is 4.08. The third kappa shape index (κ3) is 4.36. The molecule has 1 rings (SSSR count). The van der Waals surface area contributed by atoms with Crippen molar-refractivity contribution in [2.24, 2.45) is 4.99 Å². The first-order chi connectivity index (χ1) is 7.81. The summed E-state index contributed by atoms with van der Waals surface area (Å²) < 4.78 is 5.24. The second-order valence-corrected chi connectivity index (χ2v) is 4.79. The molecule has 0 spiro atoms. The molecule has 0 atom stereocenters. The average molecular weight is 298 g/mol. The topological polar surface area (TPSA) is 94.2 Å². The summed E-state index contributed by atoms with van der Waals surface area (Å²) in [6.45, 7) is 5.17. The summed E-state index contributed by atoms with van der Waals surface area (Å²) >= 11 is 3.03. The molecule has 0 aromatic carbocycles. The highest BCUT2D eigenvalue weighted by molar-refractivity contribution is 9.10. The van der Waals surface area contributed by atoms with Gasteiger partial charge < -0.3 is 9.84 Å². The first-order valence-corrected chi connectivity index (χ1v) is 5.48. The van der Waals surface area contributed by atoms with Crippen LogP contribution < -0.4 is 5.11 Å². The van der Waals surface area contributed by atoms with Crippen molar-refractivity contribution in [3.05, 3.63) is 16.5 Å². The SMILES string of the molecule is CC(C)(C)OC([O-])=Nc1nc(Br)ncc1C#N. The fourth-order valence-corrected chi connectivity index (χ4v) is 1.16. The molecule has 0 radical (unpaired) electrons. The van der Waals surface area contributed by atoms with Crippen LogP contribution in [-0.4, -0.2) is 21.7 Å². The fraction of sp³-hybridized carbons (Fsp3) is 0.400. The second kappa shape index (κ2) is 5.10. The molecular formula is C10H10BrN4O2-. The Bertz CT molecular complexity index is 488. The molecule has 1 aromatic rings. The number of nitriles is 1. The fourth-order valence-electron chi connectivity index (χ4n) is 0.887. The van der Waals surface area contributed by atoms with E-state index in [2.05, 4.69) is 30.9 Å². The highest BCUT2D eigenvalue weighted by atomic mass is 79.9. The lowest BCUT2D eigenvalue weighted by Crippen LogP contribution is -2.31. The van der Waals surface area contributed by atoms with Gasteiger partial charge in [0.1, 0.15) is 11.6 Å². The van der Waals surface area contributed by atoms with Crippen LogP contribution in [0.2, 0.25) is 0 Å². The smallest absolute Gasteiger partial charge is 0.198 e. The molecule has 0 aliphatic carbocycles. The highest BCUT2D eigenvalue weighted by Crippen LogP contribution is 2.17. The molecule has 0 aliphatic rings. The van der Waals surface area contributed by atoms with Crippen LogP contribution in [0.4, 0.5) is 5.82 Å². The molecule has 0 unspecified atom stereocenters. The first-order valence-electron chi connectivity index (χ1n) is 4.69. The summed E-state index contributed by atoms with van der Waals surface area (Å²) in [4.78, 5) is 11.2. The number of aromatic nitrogens is 2. The first kappa shape index (κ1) is 13.4. The number of ether oxygens (including phenoxy) is 1. The van der Waals surface area contributed by atoms with Gasteiger partial charge in [0, 0.05) is 5.60 Å². The number of nitrogens with zero attached hydrogens (tertiary/aromatic N) is 4. The molecule has 1 heterocycles. The third-order valence-electron chi connectivity index (χ3n) is 1.45. The third-order valence-corrected chi connectivity index (χ3v) is 1.83. The molecule has 0 saturated carbocycles. The van der Waals surface area contributed by atoms with E-state index in [1.165, 1.54) is 6.20 Å². The summed E-state index contributed by atoms with van der Waals surface area (Å²) in [6, 6.07) is 1.84. The number of halogens is 1. The number of rotatable bonds is 1. The Balaban J connectivity index is 3.05. The van der Waals surface area contributed by atoms with Gasteiger partial charge in [-0.15, -0.1) is 0 Å². The Hall–Kier alpha value is -1.68. The number of hydrogen-bond acceptors (Lipinski definition) is 6. The van der Waals surface area contributed by atoms with Crippen LogP contribution in [-0.2, 0) is 4.74 Å². The van der Waals surface area contributed by atoms with Crippen LogP contribution >= 0.6 is 15.9 Å². The lowest BCUT2D eigenvalue weighted by molar-refractivity contribution is -0.259. The van der Waals surface area contributed by atoms with Crippen molar-refractivity contribution in [3.63, 3.8) is 0 Å². The minimum absolute atomic E-state index is 0.0105. The summed E-state index contributed by atoms with van der Waals surface area (Å²) in [6.07, 6.45) is 0.486. The summed E-state index contributed by atoms with van der Waals surface area (Å²) in [5, 5.41) is 20.2. The van der Waals surface area contributed by atoms with Gasteiger partial charge in [0.15, 0.2) is 16.6 Å². The zero-order chi connectivity index (χ0) is 13.1. The van der Waals surface area contributed by atoms with E-state index in [0.29, 0.717) is 0 Å². The van der Waals surface area contributed by atoms with Gasteiger partial charge in [-0.2, -0.15) is 5.26 Å². The van der Waals surface area contributed by atoms with Crippen molar-refractivity contribution in [2.75, 3.05) is 0 Å². The molecule has 0 aliphatic heterocycles. The van der Waals surface area contributed by atoms with Crippen molar-refractivity contribution in [1.29, 1.82) is 5.26 Å². The van der Waals surface area contributed by atoms with Crippen LogP contribution in [0.5, 0.6) is 0 Å². The van der Waals surface area contributed by atoms with E-state index in [1.807, 2.05) is 6.07 Å². The minimum atomic E-state index is -0.792. The van der Waals surface area contributed by atoms with E-state index in [-0.39, 0.29) is 16.1 Å². The zero-order valence-electron chi connectivity index (χ0n) is 9.56. The average Bonchev–Trinajstić information content (AvgIpc) is 2.14. The van der Waals surface area contributed by atoms with Crippen LogP contribution in [0.25, 0.3) is 0 Å². The molecule has 0 saturated heterocycles. The monoisotopic (exact) mass is 297 g/mol. The van der Waals surface area contributed by atoms with Crippen molar-refractivity contribution in [3.8, 4) is 6.07 Å². The largest absolute Gasteiger partial charge is 0.594 e. The predicted octanol–water partition coefficient (Wildman–Crippen LogP) is 1.27. The Morgan fingerprint density at radius 3 is 2.76 bits per heavy atom. The van der Waals surface area contributed by atoms with Gasteiger partial charge in [0.25, 0.3) is 0 Å². The minimum Gasteiger partial charge on any atom is -0.594 e. The Morgan fingerprint density at radius 2 is 2.24 bits per heavy atom. The van der Waals surface area contributed by atoms with Gasteiger partial charge in [-0.1, -0.05) is 20.8 Å². The van der Waals surface area contributed by atoms with Gasteiger partial charge in [-0.25, -0.2) is 15.0 Å². The predicted molar refractivity (Wildman–Crippen MR) is 62.4 cm³/mol. The van der Waals surface area contributed by atoms with Crippen LogP contribution in [0.3, 0.4) is 0 Å². The maximum Gasteiger partial charge on any atom is 0.198 e. The van der Waals surface area contributed by atoms with Gasteiger partial charge in [0.2, 0.25) is 0 Å². The quantitative estimate of drug-likeness (QED) is 0.442. The Labute approximate surface area is 107 Å². The molecule has 0 amide bonds. The van der Waals surface area contributed by atoms with Crippen molar-refractivity contribution in [1.82, 2.24) is 9.97 Å². The molecule has 7 heteroatoms. The summed E-state index contributed by atoms with van der Waals surface area (Å²) in [5.41, 5.74) is -0.531. The van der Waals surface area contributed by atoms with Crippen LogP contribution in [0, 0.1) is 11.3 Å². The summed E-state index contributed by atoms with van der Waals surface area (Å²) in [7, 11) is 0. The lowest BCUT2D eigenvalue weighted by atomic mass is 10.2. The van der Waals surface area contributed by atoms with Crippen molar-refractivity contribution in [2.45, 2.75) is 26.4 Å². The molecule has 0 N–H and O–H groups in total. The van der Waals surface area contributed by atoms with E-state index in [9.17, 15) is 5.11 Å². The Morgan fingerprint density at radius 1 is 1.59 bits per heavy atom. The van der Waals surface area contributed by atoms with Crippen molar-refractivity contribution >= 4 is 27.8 Å². The molecule has 0 fully saturated rings. The van der Waals surface area contributed by atoms with Crippen LogP contribution in [0.1, 0.15) is 26.3 Å². The molecule has 1 aromatic heterocycles. The molecule has 6 nitrogen and oxygen atoms in total. The zero-order valence-corrected chi connectivity index (χ0v) is 11.1. The van der Waals surface area contributed by atoms with Gasteiger partial charge in [-0.3, -0.25) is 0 Å². The molecule has 90 valence electrons. The van der Waals surface area contributed by atoms with E-state index >= 15 is 0 Å². The van der Waals surface area contributed by atoms with E-state index < -0.39 is 11.7 Å². The van der Waals surface area contributed by atoms with E-state index in [0.717, 1.165) is 0 Å². The lowest BCUT2D eigenvalue weighted by Gasteiger charge is -2.29. The number of hydrogen-bond donors (Lipinski definition) is 0. The molecular weight excluding hydrogens is 288 g/mol. The molecule has 17 heavy (non-hydrogen) atoms. The number of aliphatic imine (C=N–C) groups is 1. The molecule has 0 bridgehead atoms. The maximum atomic E-state index is 11.4. The van der Waals surface area contributed by atoms with Gasteiger partial charge >= 0.3 is 0 Å². The summed E-state index contributed by atoms with van der Waals surface area (Å²) in [5.74, 6) is -0.0105. The van der Waals surface area contributed by atoms with Crippen LogP contribution in [0.15, 0.2) is 15.9 Å². The Kier molecular flexibility index (Phi) is 4.02. The standard InChI is InChI=1S/C10H11BrN4O2/c1-10(2,3)17-9(16)15-7-6(4-12)5-13-8(11)14-7/h5H,1-3H3,(H,13,14,15,16)/p-1. The van der Waals surface area contributed by atoms with Gasteiger partial charge in [0.05, 0.1) is 6.20 Å². The maximum absolute atomic E-state index is 11.4. The van der Waals surface area contributed by atoms with E-state index in [4.69, 9.17) is 10.00 Å². The normalized spacial score (nSPS) is 12.1. The van der Waals surface area contributed by atoms with Gasteiger partial charge in [-0.05, 0) is 15.9 Å². The van der Waals surface area contributed by atoms with E-state index in [1.54, 1.807) is 20.8 Å².